The van der Waals surface area contributed by atoms with Crippen molar-refractivity contribution >= 4 is 130 Å². The summed E-state index contributed by atoms with van der Waals surface area (Å²) in [5.74, 6) is 1.90. The third-order valence-electron chi connectivity index (χ3n) is 14.6. The monoisotopic (exact) mass is 864 g/mol. The highest BCUT2D eigenvalue weighted by atomic mass is 31.1. The number of pyridine rings is 1. The van der Waals surface area contributed by atoms with Crippen molar-refractivity contribution in [1.29, 1.82) is 0 Å². The molecule has 0 saturated heterocycles. The molecule has 4 aliphatic rings. The van der Waals surface area contributed by atoms with Gasteiger partial charge in [0, 0.05) is 55.8 Å². The van der Waals surface area contributed by atoms with Crippen molar-refractivity contribution in [1.82, 2.24) is 4.98 Å². The molecule has 0 fully saturated rings. The molecule has 3 aliphatic heterocycles. The third-order valence-corrected chi connectivity index (χ3v) is 17.3. The number of aromatic nitrogens is 1. The standard InChI is InChI=1S/C59H40BN3O2P/c1-59(2,3)36-31-45-51-46(32-36)63(44-28-16-20-35-18-8-10-24-39(35)44)57-53-56(50-41-26-12-14-30-48(41)65-58(50)61-57)66(37-21-5-4-6-22-37)49-33-42-40-25-11-13-29-47(40)64-55(42)54(52(49)60(51)53)62(45)43-27-15-19-34-17-7-9-23-38(34)43/h4-32H,33H2,1-3H3/q+1. The van der Waals surface area contributed by atoms with Crippen molar-refractivity contribution in [2.75, 3.05) is 9.80 Å². The molecule has 15 rings (SSSR count). The van der Waals surface area contributed by atoms with Gasteiger partial charge in [-0.25, -0.2) is 0 Å². The van der Waals surface area contributed by atoms with Gasteiger partial charge in [0.25, 0.3) is 6.71 Å². The van der Waals surface area contributed by atoms with Crippen molar-refractivity contribution in [3.8, 4) is 0 Å². The number of anilines is 5. The number of para-hydroxylation sites is 2. The molecule has 6 heterocycles. The first-order valence-electron chi connectivity index (χ1n) is 23.0. The van der Waals surface area contributed by atoms with E-state index >= 15 is 0 Å². The highest BCUT2D eigenvalue weighted by molar-refractivity contribution is 7.76. The van der Waals surface area contributed by atoms with E-state index in [1.165, 1.54) is 76.0 Å². The summed E-state index contributed by atoms with van der Waals surface area (Å²) in [6.07, 6.45) is 0.776. The molecule has 1 unspecified atom stereocenters. The summed E-state index contributed by atoms with van der Waals surface area (Å²) in [5, 5.41) is 12.3. The molecule has 0 N–H and O–H groups in total. The van der Waals surface area contributed by atoms with Crippen LogP contribution in [0.15, 0.2) is 190 Å². The smallest absolute Gasteiger partial charge is 0.265 e. The summed E-state index contributed by atoms with van der Waals surface area (Å²) >= 11 is 0. The average molecular weight is 865 g/mol. The number of hydrogen-bond donors (Lipinski definition) is 0. The Balaban J connectivity index is 1.22. The first-order chi connectivity index (χ1) is 32.4. The van der Waals surface area contributed by atoms with E-state index in [1.807, 2.05) is 0 Å². The summed E-state index contributed by atoms with van der Waals surface area (Å²) in [5.41, 5.74) is 14.4. The van der Waals surface area contributed by atoms with E-state index in [0.29, 0.717) is 5.71 Å². The molecule has 0 bridgehead atoms. The number of benzene rings is 8. The molecule has 66 heavy (non-hydrogen) atoms. The molecule has 1 aliphatic carbocycles. The quantitative estimate of drug-likeness (QED) is 0.131. The van der Waals surface area contributed by atoms with Gasteiger partial charge >= 0.3 is 0 Å². The molecule has 5 nitrogen and oxygen atoms in total. The number of furan rings is 2. The van der Waals surface area contributed by atoms with Crippen molar-refractivity contribution in [3.63, 3.8) is 0 Å². The van der Waals surface area contributed by atoms with Gasteiger partial charge < -0.3 is 13.7 Å². The second-order valence-corrected chi connectivity index (χ2v) is 21.4. The van der Waals surface area contributed by atoms with Gasteiger partial charge in [0.05, 0.1) is 22.5 Å². The Morgan fingerprint density at radius 1 is 0.561 bits per heavy atom. The second kappa shape index (κ2) is 13.0. The lowest BCUT2D eigenvalue weighted by Gasteiger charge is -2.47. The molecule has 1 atom stereocenters. The van der Waals surface area contributed by atoms with E-state index in [9.17, 15) is 0 Å². The predicted octanol–water partition coefficient (Wildman–Crippen LogP) is 13.0. The summed E-state index contributed by atoms with van der Waals surface area (Å²) in [6.45, 7) is 6.87. The Morgan fingerprint density at radius 3 is 1.83 bits per heavy atom. The fourth-order valence-corrected chi connectivity index (χ4v) is 14.8. The summed E-state index contributed by atoms with van der Waals surface area (Å²) in [4.78, 5) is 10.9. The Hall–Kier alpha value is -7.66. The summed E-state index contributed by atoms with van der Waals surface area (Å²) in [7, 11) is -1.16. The molecule has 0 spiro atoms. The molecule has 0 amide bonds. The van der Waals surface area contributed by atoms with Gasteiger partial charge in [0.15, 0.2) is 23.9 Å². The third kappa shape index (κ3) is 4.76. The topological polar surface area (TPSA) is 45.7 Å². The Bertz CT molecular complexity index is 4030. The average Bonchev–Trinajstić information content (AvgIpc) is 3.92. The number of rotatable bonds is 3. The minimum absolute atomic E-state index is 0.133. The first kappa shape index (κ1) is 36.7. The molecule has 11 aromatic rings. The Kier molecular flexibility index (Phi) is 7.22. The number of allylic oxidation sites excluding steroid dienone is 1. The van der Waals surface area contributed by atoms with E-state index in [1.54, 1.807) is 0 Å². The van der Waals surface area contributed by atoms with Crippen LogP contribution in [0.3, 0.4) is 0 Å². The van der Waals surface area contributed by atoms with Gasteiger partial charge in [0.1, 0.15) is 22.3 Å². The van der Waals surface area contributed by atoms with Crippen LogP contribution in [0.1, 0.15) is 37.7 Å². The maximum absolute atomic E-state index is 7.28. The van der Waals surface area contributed by atoms with Crippen molar-refractivity contribution < 1.29 is 8.83 Å². The maximum atomic E-state index is 7.28. The van der Waals surface area contributed by atoms with E-state index < -0.39 is 7.55 Å². The molecule has 0 radical (unpaired) electrons. The van der Waals surface area contributed by atoms with Crippen LogP contribution in [0.25, 0.3) is 60.3 Å². The van der Waals surface area contributed by atoms with E-state index in [-0.39, 0.29) is 12.1 Å². The predicted molar refractivity (Wildman–Crippen MR) is 278 cm³/mol. The molecular formula is C59H40BN3O2P+. The Labute approximate surface area is 382 Å². The van der Waals surface area contributed by atoms with Crippen molar-refractivity contribution in [2.24, 2.45) is 0 Å². The fourth-order valence-electron chi connectivity index (χ4n) is 11.8. The number of fused-ring (bicyclic) bond motifs is 10. The van der Waals surface area contributed by atoms with Crippen LogP contribution >= 0.6 is 7.55 Å². The van der Waals surface area contributed by atoms with Gasteiger partial charge in [-0.1, -0.05) is 148 Å². The zero-order chi connectivity index (χ0) is 43.6. The second-order valence-electron chi connectivity index (χ2n) is 19.2. The lowest BCUT2D eigenvalue weighted by Crippen LogP contribution is -2.63. The normalized spacial score (nSPS) is 15.5. The van der Waals surface area contributed by atoms with E-state index in [2.05, 4.69) is 206 Å². The van der Waals surface area contributed by atoms with Gasteiger partial charge in [0.2, 0.25) is 5.71 Å². The lowest BCUT2D eigenvalue weighted by molar-refractivity contribution is 0.589. The van der Waals surface area contributed by atoms with Crippen LogP contribution < -0.4 is 31.3 Å². The molecule has 0 saturated carbocycles. The molecule has 8 aromatic carbocycles. The molecular weight excluding hydrogens is 824 g/mol. The van der Waals surface area contributed by atoms with Gasteiger partial charge in [-0.15, -0.1) is 0 Å². The zero-order valence-corrected chi connectivity index (χ0v) is 37.5. The van der Waals surface area contributed by atoms with E-state index in [0.717, 1.165) is 62.7 Å². The molecule has 3 aromatic heterocycles. The number of nitrogens with zero attached hydrogens (tertiary/aromatic N) is 3. The van der Waals surface area contributed by atoms with Crippen LogP contribution in [-0.4, -0.2) is 17.0 Å². The summed E-state index contributed by atoms with van der Waals surface area (Å²) in [6, 6.07) is 64.6. The van der Waals surface area contributed by atoms with Crippen molar-refractivity contribution in [3.05, 3.63) is 198 Å². The van der Waals surface area contributed by atoms with E-state index in [4.69, 9.17) is 13.8 Å². The minimum atomic E-state index is -1.16. The minimum Gasteiger partial charge on any atom is -0.454 e. The molecule has 7 heteroatoms. The SMILES string of the molecule is CC(C)(C)c1cc2c3c(c1)N(c1cccc4ccccc14)c1nc4oc5ccccc5c4c4c1B3C1=C(c3oc5ccccc5c3CC1=[P+]4c1ccccc1)N2c1cccc2ccccc12. The first-order valence-corrected chi connectivity index (χ1v) is 24.3. The maximum Gasteiger partial charge on any atom is 0.265 e. The number of hydrogen-bond acceptors (Lipinski definition) is 5. The zero-order valence-electron chi connectivity index (χ0n) is 36.6. The van der Waals surface area contributed by atoms with Crippen LogP contribution in [-0.2, 0) is 11.8 Å². The summed E-state index contributed by atoms with van der Waals surface area (Å²) < 4.78 is 14.2. The lowest BCUT2D eigenvalue weighted by atomic mass is 9.32. The van der Waals surface area contributed by atoms with Gasteiger partial charge in [-0.05, 0) is 75.7 Å². The largest absolute Gasteiger partial charge is 0.454 e. The highest BCUT2D eigenvalue weighted by Gasteiger charge is 2.58. The van der Waals surface area contributed by atoms with Crippen LogP contribution in [0, 0.1) is 0 Å². The van der Waals surface area contributed by atoms with Crippen LogP contribution in [0.5, 0.6) is 0 Å². The van der Waals surface area contributed by atoms with Crippen molar-refractivity contribution in [2.45, 2.75) is 32.6 Å². The fraction of sp³-hybridized carbons (Fsp3) is 0.0847. The van der Waals surface area contributed by atoms with Crippen LogP contribution in [0.2, 0.25) is 0 Å². The van der Waals surface area contributed by atoms with Gasteiger partial charge in [-0.3, -0.25) is 4.90 Å². The van der Waals surface area contributed by atoms with Crippen LogP contribution in [0.4, 0.5) is 28.6 Å². The van der Waals surface area contributed by atoms with Gasteiger partial charge in [-0.2, -0.15) is 4.98 Å². The molecule has 310 valence electrons. The highest BCUT2D eigenvalue weighted by Crippen LogP contribution is 2.56. The Morgan fingerprint density at radius 2 is 1.14 bits per heavy atom.